The van der Waals surface area contributed by atoms with Gasteiger partial charge >= 0.3 is 12.1 Å². The van der Waals surface area contributed by atoms with Crippen LogP contribution in [-0.2, 0) is 18.0 Å². The van der Waals surface area contributed by atoms with Crippen molar-refractivity contribution in [2.45, 2.75) is 26.1 Å². The molecule has 0 spiro atoms. The van der Waals surface area contributed by atoms with Crippen molar-refractivity contribution in [2.75, 3.05) is 26.3 Å². The molecule has 0 bridgehead atoms. The van der Waals surface area contributed by atoms with Crippen LogP contribution in [0.1, 0.15) is 38.0 Å². The Morgan fingerprint density at radius 2 is 1.91 bits per heavy atom. The highest BCUT2D eigenvalue weighted by Crippen LogP contribution is 2.29. The lowest BCUT2D eigenvalue weighted by molar-refractivity contribution is -0.159. The van der Waals surface area contributed by atoms with Gasteiger partial charge in [-0.3, -0.25) is 14.3 Å². The number of alkyl halides is 3. The number of aryl methyl sites for hydroxylation is 2. The summed E-state index contributed by atoms with van der Waals surface area (Å²) in [7, 11) is 1.77. The first-order valence-electron chi connectivity index (χ1n) is 10.7. The number of carbonyl (C=O) groups excluding carboxylic acids is 2. The molecule has 4 rings (SSSR count). The monoisotopic (exact) mass is 492 g/mol. The van der Waals surface area contributed by atoms with Crippen LogP contribution in [0.15, 0.2) is 28.8 Å². The first kappa shape index (κ1) is 24.4. The number of nitrogens with one attached hydrogen (secondary N) is 1. The number of carbonyl (C=O) groups is 2. The molecule has 13 heteroatoms. The molecule has 2 amide bonds. The summed E-state index contributed by atoms with van der Waals surface area (Å²) < 4.78 is 49.4. The van der Waals surface area contributed by atoms with Crippen LogP contribution in [0.5, 0.6) is 0 Å². The van der Waals surface area contributed by atoms with Gasteiger partial charge in [-0.1, -0.05) is 17.3 Å². The maximum absolute atomic E-state index is 13.2. The minimum atomic E-state index is -4.74. The fourth-order valence-electron chi connectivity index (χ4n) is 3.86. The average molecular weight is 492 g/mol. The van der Waals surface area contributed by atoms with E-state index < -0.39 is 18.0 Å². The van der Waals surface area contributed by atoms with Crippen LogP contribution in [0.4, 0.5) is 13.2 Å². The Balaban J connectivity index is 1.41. The zero-order valence-electron chi connectivity index (χ0n) is 19.2. The van der Waals surface area contributed by atoms with Crippen molar-refractivity contribution in [3.63, 3.8) is 0 Å². The predicted octanol–water partition coefficient (Wildman–Crippen LogP) is 2.38. The van der Waals surface area contributed by atoms with Crippen molar-refractivity contribution in [1.29, 1.82) is 0 Å². The standard InChI is InChI=1S/C22H23F3N6O4/c1-12-17(13(2)30(3)28-12)20(33)31-8-9-34-11-16(31)10-26-19(32)15-6-4-14(5-7-15)18-27-21(35-29-18)22(23,24)25/h4-7,16H,8-11H2,1-3H3,(H,26,32). The van der Waals surface area contributed by atoms with Gasteiger partial charge in [-0.05, 0) is 26.0 Å². The van der Waals surface area contributed by atoms with Crippen LogP contribution in [-0.4, -0.2) is 69.0 Å². The zero-order valence-corrected chi connectivity index (χ0v) is 19.2. The van der Waals surface area contributed by atoms with Gasteiger partial charge in [0.25, 0.3) is 11.8 Å². The molecule has 3 aromatic rings. The average Bonchev–Trinajstić information content (AvgIpc) is 3.42. The Bertz CT molecular complexity index is 1240. The van der Waals surface area contributed by atoms with Gasteiger partial charge in [0, 0.05) is 37.0 Å². The van der Waals surface area contributed by atoms with Gasteiger partial charge in [0.2, 0.25) is 5.82 Å². The number of hydrogen-bond donors (Lipinski definition) is 1. The molecule has 1 aromatic carbocycles. The molecule has 2 aromatic heterocycles. The number of ether oxygens (including phenoxy) is 1. The van der Waals surface area contributed by atoms with Crippen LogP contribution in [0.25, 0.3) is 11.4 Å². The van der Waals surface area contributed by atoms with E-state index in [2.05, 4.69) is 25.1 Å². The lowest BCUT2D eigenvalue weighted by atomic mass is 10.1. The highest BCUT2D eigenvalue weighted by molar-refractivity contribution is 5.97. The third-order valence-electron chi connectivity index (χ3n) is 5.78. The lowest BCUT2D eigenvalue weighted by Gasteiger charge is -2.35. The number of nitrogens with zero attached hydrogens (tertiary/aromatic N) is 5. The van der Waals surface area contributed by atoms with Crippen molar-refractivity contribution in [3.05, 3.63) is 52.7 Å². The molecule has 1 fully saturated rings. The van der Waals surface area contributed by atoms with E-state index in [0.29, 0.717) is 24.4 Å². The normalized spacial score (nSPS) is 16.4. The Labute approximate surface area is 198 Å². The molecular formula is C22H23F3N6O4. The van der Waals surface area contributed by atoms with Gasteiger partial charge in [-0.25, -0.2) is 0 Å². The number of hydrogen-bond acceptors (Lipinski definition) is 7. The maximum Gasteiger partial charge on any atom is 0.471 e. The Kier molecular flexibility index (Phi) is 6.61. The second-order valence-electron chi connectivity index (χ2n) is 8.10. The second-order valence-corrected chi connectivity index (χ2v) is 8.10. The van der Waals surface area contributed by atoms with E-state index in [1.54, 1.807) is 23.6 Å². The van der Waals surface area contributed by atoms with Crippen LogP contribution >= 0.6 is 0 Å². The van der Waals surface area contributed by atoms with Crippen LogP contribution in [0.2, 0.25) is 0 Å². The van der Waals surface area contributed by atoms with E-state index in [-0.39, 0.29) is 42.1 Å². The largest absolute Gasteiger partial charge is 0.471 e. The predicted molar refractivity (Wildman–Crippen MR) is 115 cm³/mol. The zero-order chi connectivity index (χ0) is 25.3. The van der Waals surface area contributed by atoms with Crippen molar-refractivity contribution >= 4 is 11.8 Å². The minimum absolute atomic E-state index is 0.157. The minimum Gasteiger partial charge on any atom is -0.377 e. The SMILES string of the molecule is Cc1nn(C)c(C)c1C(=O)N1CCOCC1CNC(=O)c1ccc(-c2noc(C(F)(F)F)n2)cc1. The van der Waals surface area contributed by atoms with E-state index in [1.165, 1.54) is 24.3 Å². The highest BCUT2D eigenvalue weighted by atomic mass is 19.4. The van der Waals surface area contributed by atoms with Crippen molar-refractivity contribution in [1.82, 2.24) is 30.1 Å². The van der Waals surface area contributed by atoms with Crippen LogP contribution in [0.3, 0.4) is 0 Å². The number of aromatic nitrogens is 4. The molecule has 3 heterocycles. The summed E-state index contributed by atoms with van der Waals surface area (Å²) in [5.74, 6) is -2.26. The third-order valence-corrected chi connectivity index (χ3v) is 5.78. The Morgan fingerprint density at radius 3 is 2.51 bits per heavy atom. The first-order valence-corrected chi connectivity index (χ1v) is 10.7. The summed E-state index contributed by atoms with van der Waals surface area (Å²) in [6.45, 7) is 4.80. The molecule has 1 aliphatic heterocycles. The smallest absolute Gasteiger partial charge is 0.377 e. The summed E-state index contributed by atoms with van der Waals surface area (Å²) in [5, 5.41) is 10.4. The molecule has 0 aliphatic carbocycles. The summed E-state index contributed by atoms with van der Waals surface area (Å²) in [4.78, 5) is 30.9. The maximum atomic E-state index is 13.2. The summed E-state index contributed by atoms with van der Waals surface area (Å²) >= 11 is 0. The van der Waals surface area contributed by atoms with Gasteiger partial charge in [-0.2, -0.15) is 23.3 Å². The van der Waals surface area contributed by atoms with Gasteiger partial charge < -0.3 is 19.5 Å². The summed E-state index contributed by atoms with van der Waals surface area (Å²) in [6.07, 6.45) is -4.74. The highest BCUT2D eigenvalue weighted by Gasteiger charge is 2.38. The molecule has 1 N–H and O–H groups in total. The molecule has 1 atom stereocenters. The Morgan fingerprint density at radius 1 is 1.20 bits per heavy atom. The van der Waals surface area contributed by atoms with Gasteiger partial charge in [0.1, 0.15) is 0 Å². The molecule has 0 radical (unpaired) electrons. The van der Waals surface area contributed by atoms with E-state index in [9.17, 15) is 22.8 Å². The van der Waals surface area contributed by atoms with E-state index >= 15 is 0 Å². The van der Waals surface area contributed by atoms with Crippen LogP contribution in [0, 0.1) is 13.8 Å². The molecule has 1 saturated heterocycles. The van der Waals surface area contributed by atoms with Gasteiger partial charge in [0.15, 0.2) is 0 Å². The quantitative estimate of drug-likeness (QED) is 0.582. The molecule has 35 heavy (non-hydrogen) atoms. The summed E-state index contributed by atoms with van der Waals surface area (Å²) in [6, 6.07) is 5.35. The van der Waals surface area contributed by atoms with Crippen molar-refractivity contribution < 1.29 is 32.0 Å². The van der Waals surface area contributed by atoms with E-state index in [4.69, 9.17) is 4.74 Å². The molecule has 186 valence electrons. The van der Waals surface area contributed by atoms with Crippen molar-refractivity contribution in [2.24, 2.45) is 7.05 Å². The Hall–Kier alpha value is -3.74. The topological polar surface area (TPSA) is 115 Å². The van der Waals surface area contributed by atoms with E-state index in [1.807, 2.05) is 6.92 Å². The number of amides is 2. The lowest BCUT2D eigenvalue weighted by Crippen LogP contribution is -2.53. The third kappa shape index (κ3) is 5.04. The van der Waals surface area contributed by atoms with Crippen molar-refractivity contribution in [3.8, 4) is 11.4 Å². The molecule has 10 nitrogen and oxygen atoms in total. The number of morpholine rings is 1. The molecule has 1 unspecified atom stereocenters. The number of halogens is 3. The second kappa shape index (κ2) is 9.49. The number of benzene rings is 1. The molecule has 1 aliphatic rings. The molecule has 0 saturated carbocycles. The summed E-state index contributed by atoms with van der Waals surface area (Å²) in [5.41, 5.74) is 2.47. The van der Waals surface area contributed by atoms with E-state index in [0.717, 1.165) is 5.69 Å². The van der Waals surface area contributed by atoms with Crippen LogP contribution < -0.4 is 5.32 Å². The molecular weight excluding hydrogens is 469 g/mol. The van der Waals surface area contributed by atoms with Gasteiger partial charge in [0.05, 0.1) is 30.5 Å². The number of rotatable bonds is 5. The fraction of sp³-hybridized carbons (Fsp3) is 0.409. The fourth-order valence-corrected chi connectivity index (χ4v) is 3.86. The first-order chi connectivity index (χ1) is 16.6. The van der Waals surface area contributed by atoms with Gasteiger partial charge in [-0.15, -0.1) is 0 Å².